The zero-order valence-corrected chi connectivity index (χ0v) is 11.0. The number of rotatable bonds is 8. The third-order valence-electron chi connectivity index (χ3n) is 3.80. The zero-order valence-electron chi connectivity index (χ0n) is 11.0. The van der Waals surface area contributed by atoms with Crippen LogP contribution in [-0.4, -0.2) is 17.3 Å². The summed E-state index contributed by atoms with van der Waals surface area (Å²) >= 11 is 0. The average Bonchev–Trinajstić information content (AvgIpc) is 2.11. The molecule has 0 aliphatic rings. The van der Waals surface area contributed by atoms with Crippen LogP contribution >= 0.6 is 0 Å². The Bertz CT molecular complexity index is 162. The second-order valence-corrected chi connectivity index (χ2v) is 5.57. The predicted molar refractivity (Wildman–Crippen MR) is 66.8 cm³/mol. The number of unbranched alkanes of at least 4 members (excludes halogenated alkanes) is 3. The number of aliphatic hydroxyl groups excluding tert-OH is 1. The SMILES string of the molecule is CCCCCCC(C)(CCO)C(C)(C)N. The molecule has 0 aliphatic carbocycles. The first-order chi connectivity index (χ1) is 6.87. The predicted octanol–water partition coefficient (Wildman–Crippen LogP) is 3.08. The van der Waals surface area contributed by atoms with Gasteiger partial charge in [-0.05, 0) is 32.1 Å². The monoisotopic (exact) mass is 215 g/mol. The molecule has 0 aromatic carbocycles. The first-order valence-electron chi connectivity index (χ1n) is 6.27. The Morgan fingerprint density at radius 1 is 1.00 bits per heavy atom. The summed E-state index contributed by atoms with van der Waals surface area (Å²) in [6.45, 7) is 8.81. The van der Waals surface area contributed by atoms with Gasteiger partial charge in [-0.25, -0.2) is 0 Å². The van der Waals surface area contributed by atoms with Crippen molar-refractivity contribution in [3.63, 3.8) is 0 Å². The van der Waals surface area contributed by atoms with Crippen LogP contribution in [0, 0.1) is 5.41 Å². The minimum atomic E-state index is -0.206. The van der Waals surface area contributed by atoms with Crippen LogP contribution in [0.25, 0.3) is 0 Å². The standard InChI is InChI=1S/C13H29NO/c1-5-6-7-8-9-13(4,10-11-15)12(2,3)14/h15H,5-11,14H2,1-4H3. The van der Waals surface area contributed by atoms with Gasteiger partial charge < -0.3 is 10.8 Å². The van der Waals surface area contributed by atoms with Gasteiger partial charge in [-0.1, -0.05) is 39.5 Å². The van der Waals surface area contributed by atoms with Crippen LogP contribution in [0.15, 0.2) is 0 Å². The molecule has 0 saturated carbocycles. The summed E-state index contributed by atoms with van der Waals surface area (Å²) in [5, 5.41) is 9.11. The lowest BCUT2D eigenvalue weighted by Crippen LogP contribution is -2.49. The molecule has 0 spiro atoms. The maximum Gasteiger partial charge on any atom is 0.0436 e. The Labute approximate surface area is 95.3 Å². The molecule has 15 heavy (non-hydrogen) atoms. The maximum atomic E-state index is 9.11. The smallest absolute Gasteiger partial charge is 0.0436 e. The minimum Gasteiger partial charge on any atom is -0.396 e. The largest absolute Gasteiger partial charge is 0.396 e. The molecule has 0 heterocycles. The van der Waals surface area contributed by atoms with Crippen molar-refractivity contribution in [2.24, 2.45) is 11.1 Å². The van der Waals surface area contributed by atoms with Gasteiger partial charge in [0.15, 0.2) is 0 Å². The van der Waals surface area contributed by atoms with Gasteiger partial charge in [0.25, 0.3) is 0 Å². The van der Waals surface area contributed by atoms with E-state index in [9.17, 15) is 0 Å². The number of hydrogen-bond acceptors (Lipinski definition) is 2. The molecule has 2 nitrogen and oxygen atoms in total. The van der Waals surface area contributed by atoms with E-state index in [4.69, 9.17) is 10.8 Å². The van der Waals surface area contributed by atoms with Crippen LogP contribution in [0.4, 0.5) is 0 Å². The molecule has 92 valence electrons. The van der Waals surface area contributed by atoms with Gasteiger partial charge in [0.1, 0.15) is 0 Å². The molecular weight excluding hydrogens is 186 g/mol. The molecule has 3 N–H and O–H groups in total. The van der Waals surface area contributed by atoms with E-state index in [0.717, 1.165) is 12.8 Å². The fourth-order valence-electron chi connectivity index (χ4n) is 1.96. The molecule has 1 unspecified atom stereocenters. The Balaban J connectivity index is 4.14. The lowest BCUT2D eigenvalue weighted by molar-refractivity contribution is 0.105. The van der Waals surface area contributed by atoms with E-state index >= 15 is 0 Å². The van der Waals surface area contributed by atoms with Gasteiger partial charge in [-0.3, -0.25) is 0 Å². The molecule has 0 aromatic heterocycles. The summed E-state index contributed by atoms with van der Waals surface area (Å²) in [5.41, 5.74) is 6.06. The quantitative estimate of drug-likeness (QED) is 0.611. The van der Waals surface area contributed by atoms with Crippen molar-refractivity contribution in [1.29, 1.82) is 0 Å². The van der Waals surface area contributed by atoms with Crippen LogP contribution in [0.3, 0.4) is 0 Å². The van der Waals surface area contributed by atoms with Crippen LogP contribution in [0.2, 0.25) is 0 Å². The first kappa shape index (κ1) is 14.9. The molecule has 0 bridgehead atoms. The van der Waals surface area contributed by atoms with Crippen LogP contribution in [-0.2, 0) is 0 Å². The summed E-state index contributed by atoms with van der Waals surface area (Å²) in [5.74, 6) is 0. The highest BCUT2D eigenvalue weighted by Crippen LogP contribution is 2.37. The molecule has 2 heteroatoms. The van der Waals surface area contributed by atoms with Crippen LogP contribution in [0.5, 0.6) is 0 Å². The molecule has 0 fully saturated rings. The lowest BCUT2D eigenvalue weighted by atomic mass is 9.68. The second kappa shape index (κ2) is 6.49. The van der Waals surface area contributed by atoms with Crippen molar-refractivity contribution >= 4 is 0 Å². The summed E-state index contributed by atoms with van der Waals surface area (Å²) < 4.78 is 0. The van der Waals surface area contributed by atoms with Gasteiger partial charge >= 0.3 is 0 Å². The lowest BCUT2D eigenvalue weighted by Gasteiger charge is -2.42. The molecule has 0 amide bonds. The van der Waals surface area contributed by atoms with Crippen molar-refractivity contribution < 1.29 is 5.11 Å². The summed E-state index contributed by atoms with van der Waals surface area (Å²) in [7, 11) is 0. The average molecular weight is 215 g/mol. The molecule has 0 rings (SSSR count). The van der Waals surface area contributed by atoms with Gasteiger partial charge in [0, 0.05) is 12.1 Å². The summed E-state index contributed by atoms with van der Waals surface area (Å²) in [6.07, 6.45) is 7.02. The van der Waals surface area contributed by atoms with Crippen molar-refractivity contribution in [2.45, 2.75) is 71.8 Å². The molecule has 0 radical (unpaired) electrons. The first-order valence-corrected chi connectivity index (χ1v) is 6.27. The number of nitrogens with two attached hydrogens (primary N) is 1. The highest BCUT2D eigenvalue weighted by atomic mass is 16.3. The van der Waals surface area contributed by atoms with E-state index in [1.54, 1.807) is 0 Å². The number of aliphatic hydroxyl groups is 1. The van der Waals surface area contributed by atoms with E-state index in [-0.39, 0.29) is 17.6 Å². The highest BCUT2D eigenvalue weighted by Gasteiger charge is 2.36. The molecule has 1 atom stereocenters. The van der Waals surface area contributed by atoms with E-state index in [2.05, 4.69) is 27.7 Å². The Morgan fingerprint density at radius 3 is 2.00 bits per heavy atom. The van der Waals surface area contributed by atoms with Gasteiger partial charge in [-0.15, -0.1) is 0 Å². The van der Waals surface area contributed by atoms with Crippen LogP contribution in [0.1, 0.15) is 66.2 Å². The van der Waals surface area contributed by atoms with E-state index in [1.807, 2.05) is 0 Å². The number of hydrogen-bond donors (Lipinski definition) is 2. The van der Waals surface area contributed by atoms with Crippen LogP contribution < -0.4 is 5.73 Å². The van der Waals surface area contributed by atoms with Crippen molar-refractivity contribution in [1.82, 2.24) is 0 Å². The Morgan fingerprint density at radius 2 is 1.60 bits per heavy atom. The zero-order chi connectivity index (χ0) is 11.9. The third-order valence-corrected chi connectivity index (χ3v) is 3.80. The molecule has 0 saturated heterocycles. The van der Waals surface area contributed by atoms with E-state index in [1.165, 1.54) is 25.7 Å². The van der Waals surface area contributed by atoms with Gasteiger partial charge in [0.05, 0.1) is 0 Å². The highest BCUT2D eigenvalue weighted by molar-refractivity contribution is 4.93. The third kappa shape index (κ3) is 4.98. The normalized spacial score (nSPS) is 16.4. The fraction of sp³-hybridized carbons (Fsp3) is 1.00. The summed E-state index contributed by atoms with van der Waals surface area (Å²) in [6, 6.07) is 0. The van der Waals surface area contributed by atoms with Crippen molar-refractivity contribution in [3.05, 3.63) is 0 Å². The maximum absolute atomic E-state index is 9.11. The van der Waals surface area contributed by atoms with Crippen molar-refractivity contribution in [3.8, 4) is 0 Å². The summed E-state index contributed by atoms with van der Waals surface area (Å²) in [4.78, 5) is 0. The van der Waals surface area contributed by atoms with Crippen molar-refractivity contribution in [2.75, 3.05) is 6.61 Å². The second-order valence-electron chi connectivity index (χ2n) is 5.57. The Kier molecular flexibility index (Phi) is 6.46. The fourth-order valence-corrected chi connectivity index (χ4v) is 1.96. The molecule has 0 aromatic rings. The molecule has 0 aliphatic heterocycles. The topological polar surface area (TPSA) is 46.2 Å². The van der Waals surface area contributed by atoms with E-state index < -0.39 is 0 Å². The molecular formula is C13H29NO. The van der Waals surface area contributed by atoms with E-state index in [0.29, 0.717) is 0 Å². The minimum absolute atomic E-state index is 0.0650. The Hall–Kier alpha value is -0.0800. The van der Waals surface area contributed by atoms with Gasteiger partial charge in [-0.2, -0.15) is 0 Å². The van der Waals surface area contributed by atoms with Gasteiger partial charge in [0.2, 0.25) is 0 Å².